The number of halogens is 1. The summed E-state index contributed by atoms with van der Waals surface area (Å²) in [4.78, 5) is 22.3. The number of carboxylic acid groups (broad SMARTS) is 1. The molecular formula is C13H16ClNO6S. The summed E-state index contributed by atoms with van der Waals surface area (Å²) in [6, 6.07) is 1.14. The zero-order valence-electron chi connectivity index (χ0n) is 12.5. The zero-order valence-corrected chi connectivity index (χ0v) is 14.0. The molecule has 1 N–H and O–H groups in total. The molecule has 0 radical (unpaired) electrons. The Morgan fingerprint density at radius 1 is 1.36 bits per heavy atom. The second-order valence-electron chi connectivity index (χ2n) is 4.61. The van der Waals surface area contributed by atoms with Gasteiger partial charge in [0.15, 0.2) is 0 Å². The number of aliphatic carboxylic acids is 1. The minimum absolute atomic E-state index is 0.0342. The second kappa shape index (κ2) is 6.64. The predicted octanol–water partition coefficient (Wildman–Crippen LogP) is 1.53. The average molecular weight is 350 g/mol. The Hall–Kier alpha value is -1.64. The average Bonchev–Trinajstić information content (AvgIpc) is 2.46. The van der Waals surface area contributed by atoms with Crippen molar-refractivity contribution in [2.24, 2.45) is 0 Å². The topological polar surface area (TPSA) is 101 Å². The summed E-state index contributed by atoms with van der Waals surface area (Å²) in [5.41, 5.74) is 0.187. The van der Waals surface area contributed by atoms with Gasteiger partial charge in [-0.15, -0.1) is 0 Å². The first-order valence-electron chi connectivity index (χ1n) is 6.13. The molecule has 0 saturated heterocycles. The molecule has 7 nitrogen and oxygen atoms in total. The van der Waals surface area contributed by atoms with Crippen LogP contribution in [-0.4, -0.2) is 50.0 Å². The van der Waals surface area contributed by atoms with Crippen molar-refractivity contribution in [1.29, 1.82) is 0 Å². The summed E-state index contributed by atoms with van der Waals surface area (Å²) < 4.78 is 30.4. The normalized spacial score (nSPS) is 13.0. The van der Waals surface area contributed by atoms with Crippen molar-refractivity contribution in [3.05, 3.63) is 28.3 Å². The molecule has 1 aromatic rings. The summed E-state index contributed by atoms with van der Waals surface area (Å²) in [6.07, 6.45) is 0. The van der Waals surface area contributed by atoms with Gasteiger partial charge in [-0.25, -0.2) is 13.2 Å². The van der Waals surface area contributed by atoms with Crippen LogP contribution < -0.4 is 0 Å². The fourth-order valence-corrected chi connectivity index (χ4v) is 3.54. The molecule has 9 heteroatoms. The molecule has 0 aromatic heterocycles. The molecule has 1 aromatic carbocycles. The van der Waals surface area contributed by atoms with Crippen molar-refractivity contribution in [3.8, 4) is 0 Å². The van der Waals surface area contributed by atoms with Crippen LogP contribution in [-0.2, 0) is 19.6 Å². The van der Waals surface area contributed by atoms with E-state index in [4.69, 9.17) is 16.7 Å². The van der Waals surface area contributed by atoms with Gasteiger partial charge < -0.3 is 9.84 Å². The van der Waals surface area contributed by atoms with E-state index in [1.807, 2.05) is 0 Å². The number of esters is 1. The summed E-state index contributed by atoms with van der Waals surface area (Å²) in [5.74, 6) is -2.04. The summed E-state index contributed by atoms with van der Waals surface area (Å²) in [7, 11) is -1.84. The number of carbonyl (C=O) groups excluding carboxylic acids is 1. The molecule has 0 aliphatic rings. The molecule has 1 atom stereocenters. The van der Waals surface area contributed by atoms with E-state index in [1.165, 1.54) is 19.9 Å². The minimum atomic E-state index is -4.14. The third kappa shape index (κ3) is 3.40. The van der Waals surface area contributed by atoms with Gasteiger partial charge in [-0.2, -0.15) is 4.31 Å². The van der Waals surface area contributed by atoms with Crippen molar-refractivity contribution in [2.75, 3.05) is 14.2 Å². The minimum Gasteiger partial charge on any atom is -0.480 e. The fraction of sp³-hybridized carbons (Fsp3) is 0.385. The highest BCUT2D eigenvalue weighted by Gasteiger charge is 2.32. The lowest BCUT2D eigenvalue weighted by Crippen LogP contribution is -2.40. The number of sulfonamides is 1. The number of methoxy groups -OCH3 is 1. The number of ether oxygens (including phenoxy) is 1. The largest absolute Gasteiger partial charge is 0.480 e. The van der Waals surface area contributed by atoms with E-state index in [-0.39, 0.29) is 21.0 Å². The number of benzene rings is 1. The molecule has 1 rings (SSSR count). The van der Waals surface area contributed by atoms with Crippen LogP contribution in [0.15, 0.2) is 17.0 Å². The van der Waals surface area contributed by atoms with Crippen molar-refractivity contribution < 1.29 is 27.9 Å². The standard InChI is InChI=1S/C13H16ClNO6S/c1-7-10(14)5-9(13(18)21-4)6-11(7)22(19,20)15(3)8(2)12(16)17/h5-6,8H,1-4H3,(H,16,17). The van der Waals surface area contributed by atoms with Gasteiger partial charge in [-0.05, 0) is 31.5 Å². The maximum Gasteiger partial charge on any atom is 0.337 e. The number of nitrogens with zero attached hydrogens (tertiary/aromatic N) is 1. The van der Waals surface area contributed by atoms with E-state index in [2.05, 4.69) is 4.74 Å². The lowest BCUT2D eigenvalue weighted by Gasteiger charge is -2.22. The number of hydrogen-bond acceptors (Lipinski definition) is 5. The van der Waals surface area contributed by atoms with Crippen LogP contribution in [0.4, 0.5) is 0 Å². The van der Waals surface area contributed by atoms with Gasteiger partial charge in [-0.1, -0.05) is 11.6 Å². The van der Waals surface area contributed by atoms with Crippen LogP contribution in [0.5, 0.6) is 0 Å². The molecule has 122 valence electrons. The first kappa shape index (κ1) is 18.4. The second-order valence-corrected chi connectivity index (χ2v) is 6.98. The summed E-state index contributed by atoms with van der Waals surface area (Å²) in [5, 5.41) is 9.03. The Labute approximate surface area is 133 Å². The smallest absolute Gasteiger partial charge is 0.337 e. The van der Waals surface area contributed by atoms with E-state index in [1.54, 1.807) is 0 Å². The Morgan fingerprint density at radius 2 is 1.91 bits per heavy atom. The van der Waals surface area contributed by atoms with Crippen molar-refractivity contribution >= 4 is 33.6 Å². The van der Waals surface area contributed by atoms with E-state index in [9.17, 15) is 18.0 Å². The van der Waals surface area contributed by atoms with Crippen LogP contribution in [0.1, 0.15) is 22.8 Å². The van der Waals surface area contributed by atoms with Gasteiger partial charge >= 0.3 is 11.9 Å². The number of carboxylic acids is 1. The van der Waals surface area contributed by atoms with E-state index < -0.39 is 28.0 Å². The summed E-state index contributed by atoms with van der Waals surface area (Å²) >= 11 is 5.97. The quantitative estimate of drug-likeness (QED) is 0.809. The van der Waals surface area contributed by atoms with Gasteiger partial charge in [0.25, 0.3) is 0 Å². The Morgan fingerprint density at radius 3 is 2.36 bits per heavy atom. The SMILES string of the molecule is COC(=O)c1cc(Cl)c(C)c(S(=O)(=O)N(C)C(C)C(=O)O)c1. The van der Waals surface area contributed by atoms with Gasteiger partial charge in [0.2, 0.25) is 10.0 Å². The third-order valence-corrected chi connectivity index (χ3v) is 5.72. The lowest BCUT2D eigenvalue weighted by molar-refractivity contribution is -0.140. The lowest BCUT2D eigenvalue weighted by atomic mass is 10.1. The van der Waals surface area contributed by atoms with Crippen LogP contribution in [0.3, 0.4) is 0 Å². The van der Waals surface area contributed by atoms with E-state index >= 15 is 0 Å². The monoisotopic (exact) mass is 349 g/mol. The van der Waals surface area contributed by atoms with Crippen LogP contribution >= 0.6 is 11.6 Å². The van der Waals surface area contributed by atoms with Crippen LogP contribution in [0.2, 0.25) is 5.02 Å². The Balaban J connectivity index is 3.51. The molecule has 0 fully saturated rings. The molecule has 0 amide bonds. The first-order valence-corrected chi connectivity index (χ1v) is 7.95. The first-order chi connectivity index (χ1) is 10.0. The van der Waals surface area contributed by atoms with Crippen molar-refractivity contribution in [2.45, 2.75) is 24.8 Å². The van der Waals surface area contributed by atoms with Crippen molar-refractivity contribution in [1.82, 2.24) is 4.31 Å². The number of carbonyl (C=O) groups is 2. The highest BCUT2D eigenvalue weighted by Crippen LogP contribution is 2.28. The van der Waals surface area contributed by atoms with Gasteiger partial charge in [0.1, 0.15) is 6.04 Å². The molecule has 0 aliphatic carbocycles. The number of likely N-dealkylation sites (N-methyl/N-ethyl adjacent to an activating group) is 1. The molecule has 1 unspecified atom stereocenters. The van der Waals surface area contributed by atoms with Gasteiger partial charge in [-0.3, -0.25) is 4.79 Å². The molecule has 0 heterocycles. The van der Waals surface area contributed by atoms with Gasteiger partial charge in [0, 0.05) is 12.1 Å². The highest BCUT2D eigenvalue weighted by atomic mass is 35.5. The molecule has 0 bridgehead atoms. The maximum absolute atomic E-state index is 12.6. The Kier molecular flexibility index (Phi) is 5.55. The number of rotatable bonds is 5. The molecule has 0 saturated carbocycles. The molecular weight excluding hydrogens is 334 g/mol. The Bertz CT molecular complexity index is 715. The van der Waals surface area contributed by atoms with E-state index in [0.717, 1.165) is 20.2 Å². The predicted molar refractivity (Wildman–Crippen MR) is 79.6 cm³/mol. The van der Waals surface area contributed by atoms with E-state index in [0.29, 0.717) is 4.31 Å². The molecule has 0 aliphatic heterocycles. The highest BCUT2D eigenvalue weighted by molar-refractivity contribution is 7.89. The molecule has 22 heavy (non-hydrogen) atoms. The zero-order chi connectivity index (χ0) is 17.2. The van der Waals surface area contributed by atoms with Gasteiger partial charge in [0.05, 0.1) is 17.6 Å². The fourth-order valence-electron chi connectivity index (χ4n) is 1.68. The summed E-state index contributed by atoms with van der Waals surface area (Å²) in [6.45, 7) is 2.70. The van der Waals surface area contributed by atoms with Crippen LogP contribution in [0, 0.1) is 6.92 Å². The number of hydrogen-bond donors (Lipinski definition) is 1. The van der Waals surface area contributed by atoms with Crippen LogP contribution in [0.25, 0.3) is 0 Å². The van der Waals surface area contributed by atoms with Crippen molar-refractivity contribution in [3.63, 3.8) is 0 Å². The maximum atomic E-state index is 12.6. The third-order valence-electron chi connectivity index (χ3n) is 3.28. The molecule has 0 spiro atoms.